The van der Waals surface area contributed by atoms with Gasteiger partial charge in [0, 0.05) is 18.7 Å². The van der Waals surface area contributed by atoms with E-state index in [9.17, 15) is 18.0 Å². The van der Waals surface area contributed by atoms with Crippen LogP contribution < -0.4 is 14.8 Å². The van der Waals surface area contributed by atoms with E-state index in [1.807, 2.05) is 0 Å². The SMILES string of the molecule is C[C@@H]1[C@@H](C)CCC[C@H]1NC(=O)[C@H](C)OC(=O)[C@@H]1CCCN1S(=O)(=O)c1ccc2c(c1)OCCO2. The molecule has 1 aromatic carbocycles. The highest BCUT2D eigenvalue weighted by Gasteiger charge is 2.42. The van der Waals surface area contributed by atoms with Crippen LogP contribution in [0.25, 0.3) is 0 Å². The first-order valence-corrected chi connectivity index (χ1v) is 13.5. The third kappa shape index (κ3) is 5.02. The van der Waals surface area contributed by atoms with Crippen LogP contribution in [0, 0.1) is 11.8 Å². The van der Waals surface area contributed by atoms with Gasteiger partial charge in [0.25, 0.3) is 5.91 Å². The van der Waals surface area contributed by atoms with E-state index in [1.165, 1.54) is 19.1 Å². The summed E-state index contributed by atoms with van der Waals surface area (Å²) in [5, 5.41) is 3.02. The van der Waals surface area contributed by atoms with Gasteiger partial charge in [0.2, 0.25) is 10.0 Å². The Morgan fingerprint density at radius 2 is 1.82 bits per heavy atom. The molecule has 188 valence electrons. The largest absolute Gasteiger partial charge is 0.486 e. The van der Waals surface area contributed by atoms with Crippen molar-refractivity contribution in [2.24, 2.45) is 11.8 Å². The monoisotopic (exact) mass is 494 g/mol. The zero-order chi connectivity index (χ0) is 24.5. The van der Waals surface area contributed by atoms with E-state index >= 15 is 0 Å². The maximum atomic E-state index is 13.3. The number of carbonyl (C=O) groups excluding carboxylic acids is 2. The standard InChI is InChI=1S/C24H34N2O7S/c1-15-6-4-7-19(16(15)2)25-23(27)17(3)33-24(28)20-8-5-11-26(20)34(29,30)18-9-10-21-22(14-18)32-13-12-31-21/h9-10,14-17,19-20H,4-8,11-13H2,1-3H3,(H,25,27)/t15-,16+,17-,19+,20-/m0/s1. The number of hydrogen-bond donors (Lipinski definition) is 1. The van der Waals surface area contributed by atoms with Gasteiger partial charge in [-0.1, -0.05) is 26.7 Å². The van der Waals surface area contributed by atoms with Gasteiger partial charge in [-0.2, -0.15) is 4.31 Å². The van der Waals surface area contributed by atoms with Crippen molar-refractivity contribution in [2.75, 3.05) is 19.8 Å². The highest BCUT2D eigenvalue weighted by atomic mass is 32.2. The van der Waals surface area contributed by atoms with Crippen LogP contribution in [0.3, 0.4) is 0 Å². The maximum Gasteiger partial charge on any atom is 0.325 e. The Morgan fingerprint density at radius 1 is 1.09 bits per heavy atom. The molecule has 1 aliphatic carbocycles. The van der Waals surface area contributed by atoms with Gasteiger partial charge in [-0.25, -0.2) is 8.42 Å². The number of rotatable bonds is 6. The summed E-state index contributed by atoms with van der Waals surface area (Å²) in [6.45, 7) is 6.79. The molecular formula is C24H34N2O7S. The van der Waals surface area contributed by atoms with Crippen LogP contribution in [0.1, 0.15) is 52.9 Å². The lowest BCUT2D eigenvalue weighted by Crippen LogP contribution is -2.49. The molecule has 5 atom stereocenters. The maximum absolute atomic E-state index is 13.3. The Kier molecular flexibility index (Phi) is 7.37. The van der Waals surface area contributed by atoms with Crippen LogP contribution >= 0.6 is 0 Å². The number of amides is 1. The Morgan fingerprint density at radius 3 is 2.59 bits per heavy atom. The van der Waals surface area contributed by atoms with Gasteiger partial charge in [-0.3, -0.25) is 9.59 Å². The molecule has 10 heteroatoms. The molecule has 1 saturated heterocycles. The van der Waals surface area contributed by atoms with Gasteiger partial charge in [0.05, 0.1) is 4.90 Å². The molecule has 3 aliphatic rings. The lowest BCUT2D eigenvalue weighted by atomic mass is 9.78. The highest BCUT2D eigenvalue weighted by Crippen LogP contribution is 2.35. The summed E-state index contributed by atoms with van der Waals surface area (Å²) in [5.41, 5.74) is 0. The normalized spacial score (nSPS) is 28.2. The average molecular weight is 495 g/mol. The molecule has 2 heterocycles. The fourth-order valence-corrected chi connectivity index (χ4v) is 6.64. The number of sulfonamides is 1. The zero-order valence-electron chi connectivity index (χ0n) is 20.0. The molecule has 1 saturated carbocycles. The van der Waals surface area contributed by atoms with E-state index in [0.29, 0.717) is 49.4 Å². The summed E-state index contributed by atoms with van der Waals surface area (Å²) < 4.78 is 44.2. The third-order valence-corrected chi connectivity index (χ3v) is 9.20. The predicted octanol–water partition coefficient (Wildman–Crippen LogP) is 2.48. The van der Waals surface area contributed by atoms with Crippen molar-refractivity contribution in [1.82, 2.24) is 9.62 Å². The molecule has 2 aliphatic heterocycles. The summed E-state index contributed by atoms with van der Waals surface area (Å²) in [6, 6.07) is 3.52. The molecule has 4 rings (SSSR count). The minimum Gasteiger partial charge on any atom is -0.486 e. The Hall–Kier alpha value is -2.33. The predicted molar refractivity (Wildman–Crippen MR) is 124 cm³/mol. The second kappa shape index (κ2) is 10.1. The number of nitrogens with one attached hydrogen (secondary N) is 1. The minimum absolute atomic E-state index is 0.0302. The number of benzene rings is 1. The van der Waals surface area contributed by atoms with Gasteiger partial charge in [-0.05, 0) is 50.2 Å². The molecule has 0 unspecified atom stereocenters. The summed E-state index contributed by atoms with van der Waals surface area (Å²) in [5.74, 6) is 0.674. The van der Waals surface area contributed by atoms with Crippen molar-refractivity contribution in [3.05, 3.63) is 18.2 Å². The van der Waals surface area contributed by atoms with E-state index < -0.39 is 28.1 Å². The molecule has 0 bridgehead atoms. The number of fused-ring (bicyclic) bond motifs is 1. The number of nitrogens with zero attached hydrogens (tertiary/aromatic N) is 1. The first-order valence-electron chi connectivity index (χ1n) is 12.1. The number of esters is 1. The summed E-state index contributed by atoms with van der Waals surface area (Å²) in [6.07, 6.45) is 2.97. The van der Waals surface area contributed by atoms with Crippen LogP contribution in [-0.2, 0) is 24.3 Å². The molecule has 34 heavy (non-hydrogen) atoms. The summed E-state index contributed by atoms with van der Waals surface area (Å²) >= 11 is 0. The van der Waals surface area contributed by atoms with Crippen molar-refractivity contribution >= 4 is 21.9 Å². The summed E-state index contributed by atoms with van der Waals surface area (Å²) in [4.78, 5) is 25.7. The van der Waals surface area contributed by atoms with Crippen molar-refractivity contribution in [2.45, 2.75) is 76.0 Å². The van der Waals surface area contributed by atoms with Gasteiger partial charge in [0.1, 0.15) is 19.3 Å². The smallest absolute Gasteiger partial charge is 0.325 e. The Balaban J connectivity index is 1.41. The average Bonchev–Trinajstić information content (AvgIpc) is 3.33. The van der Waals surface area contributed by atoms with Crippen molar-refractivity contribution in [3.63, 3.8) is 0 Å². The van der Waals surface area contributed by atoms with Crippen LogP contribution in [0.5, 0.6) is 11.5 Å². The molecule has 2 fully saturated rings. The fourth-order valence-electron chi connectivity index (χ4n) is 4.98. The third-order valence-electron chi connectivity index (χ3n) is 7.29. The van der Waals surface area contributed by atoms with Crippen molar-refractivity contribution in [1.29, 1.82) is 0 Å². The lowest BCUT2D eigenvalue weighted by molar-refractivity contribution is -0.158. The molecule has 0 radical (unpaired) electrons. The number of hydrogen-bond acceptors (Lipinski definition) is 7. The Bertz CT molecular complexity index is 1030. The molecule has 1 amide bonds. The lowest BCUT2D eigenvalue weighted by Gasteiger charge is -2.35. The summed E-state index contributed by atoms with van der Waals surface area (Å²) in [7, 11) is -3.96. The van der Waals surface area contributed by atoms with Crippen LogP contribution in [0.4, 0.5) is 0 Å². The first-order chi connectivity index (χ1) is 16.2. The van der Waals surface area contributed by atoms with Crippen LogP contribution in [-0.4, -0.2) is 62.5 Å². The van der Waals surface area contributed by atoms with Gasteiger partial charge >= 0.3 is 5.97 Å². The van der Waals surface area contributed by atoms with E-state index in [-0.39, 0.29) is 23.4 Å². The number of ether oxygens (including phenoxy) is 3. The molecule has 0 spiro atoms. The molecule has 1 aromatic rings. The van der Waals surface area contributed by atoms with E-state index in [2.05, 4.69) is 19.2 Å². The van der Waals surface area contributed by atoms with Crippen molar-refractivity contribution in [3.8, 4) is 11.5 Å². The van der Waals surface area contributed by atoms with Crippen LogP contribution in [0.15, 0.2) is 23.1 Å². The fraction of sp³-hybridized carbons (Fsp3) is 0.667. The van der Waals surface area contributed by atoms with E-state index in [4.69, 9.17) is 14.2 Å². The van der Waals surface area contributed by atoms with Gasteiger partial charge in [0.15, 0.2) is 17.6 Å². The Labute approximate surface area is 201 Å². The molecule has 1 N–H and O–H groups in total. The molecule has 9 nitrogen and oxygen atoms in total. The number of carbonyl (C=O) groups is 2. The topological polar surface area (TPSA) is 111 Å². The highest BCUT2D eigenvalue weighted by molar-refractivity contribution is 7.89. The zero-order valence-corrected chi connectivity index (χ0v) is 20.8. The molecular weight excluding hydrogens is 460 g/mol. The van der Waals surface area contributed by atoms with Gasteiger partial charge in [-0.15, -0.1) is 0 Å². The quantitative estimate of drug-likeness (QED) is 0.605. The van der Waals surface area contributed by atoms with E-state index in [1.54, 1.807) is 6.07 Å². The van der Waals surface area contributed by atoms with Crippen molar-refractivity contribution < 1.29 is 32.2 Å². The molecule has 0 aromatic heterocycles. The van der Waals surface area contributed by atoms with Gasteiger partial charge < -0.3 is 19.5 Å². The minimum atomic E-state index is -3.96. The van der Waals surface area contributed by atoms with E-state index in [0.717, 1.165) is 23.6 Å². The second-order valence-corrected chi connectivity index (χ2v) is 11.4. The van der Waals surface area contributed by atoms with Crippen LogP contribution in [0.2, 0.25) is 0 Å². The first kappa shape index (κ1) is 24.8. The second-order valence-electron chi connectivity index (χ2n) is 9.54.